The van der Waals surface area contributed by atoms with Gasteiger partial charge >= 0.3 is 0 Å². The maximum absolute atomic E-state index is 12.6. The highest BCUT2D eigenvalue weighted by Crippen LogP contribution is 2.33. The molecule has 0 aliphatic carbocycles. The van der Waals surface area contributed by atoms with Gasteiger partial charge in [-0.1, -0.05) is 5.16 Å². The molecule has 4 rings (SSSR count). The molecule has 0 unspecified atom stereocenters. The first-order valence-corrected chi connectivity index (χ1v) is 9.47. The second-order valence-electron chi connectivity index (χ2n) is 6.60. The molecule has 1 amide bonds. The van der Waals surface area contributed by atoms with Crippen LogP contribution in [0.3, 0.4) is 0 Å². The van der Waals surface area contributed by atoms with Gasteiger partial charge in [-0.25, -0.2) is 4.98 Å². The number of methoxy groups -OCH3 is 2. The van der Waals surface area contributed by atoms with E-state index in [2.05, 4.69) is 20.4 Å². The summed E-state index contributed by atoms with van der Waals surface area (Å²) in [6.07, 6.45) is 1.73. The van der Waals surface area contributed by atoms with Crippen LogP contribution in [0.2, 0.25) is 0 Å². The topological polar surface area (TPSA) is 99.0 Å². The van der Waals surface area contributed by atoms with E-state index in [4.69, 9.17) is 18.7 Å². The Bertz CT molecular complexity index is 1010. The summed E-state index contributed by atoms with van der Waals surface area (Å²) in [6.45, 7) is 3.04. The van der Waals surface area contributed by atoms with Crippen LogP contribution in [0.25, 0.3) is 11.3 Å². The fraction of sp³-hybridized carbons (Fsp3) is 0.286. The molecule has 0 spiro atoms. The molecule has 0 atom stereocenters. The molecule has 9 heteroatoms. The molecule has 3 heterocycles. The van der Waals surface area contributed by atoms with Crippen molar-refractivity contribution in [1.82, 2.24) is 10.1 Å². The van der Waals surface area contributed by atoms with Gasteiger partial charge in [0.05, 0.1) is 44.9 Å². The number of amides is 1. The van der Waals surface area contributed by atoms with Crippen molar-refractivity contribution < 1.29 is 23.5 Å². The number of ether oxygens (including phenoxy) is 3. The standard InChI is InChI=1S/C21H22N4O5/c1-27-15-4-5-18(28-2)16(11-15)19-12-17(24-30-19)21(26)23-20-6-3-14(13-22-20)25-7-9-29-10-8-25/h3-6,11-13H,7-10H2,1-2H3,(H,22,23,26). The smallest absolute Gasteiger partial charge is 0.279 e. The number of nitrogens with one attached hydrogen (secondary N) is 1. The zero-order valence-corrected chi connectivity index (χ0v) is 16.8. The predicted octanol–water partition coefficient (Wildman–Crippen LogP) is 2.84. The summed E-state index contributed by atoms with van der Waals surface area (Å²) in [5, 5.41) is 6.61. The van der Waals surface area contributed by atoms with Crippen LogP contribution in [0.1, 0.15) is 10.5 Å². The number of carbonyl (C=O) groups excluding carboxylic acids is 1. The molecule has 0 saturated carbocycles. The van der Waals surface area contributed by atoms with E-state index in [1.165, 1.54) is 0 Å². The minimum absolute atomic E-state index is 0.133. The molecule has 1 aromatic carbocycles. The fourth-order valence-corrected chi connectivity index (χ4v) is 3.16. The lowest BCUT2D eigenvalue weighted by molar-refractivity contribution is 0.101. The number of anilines is 2. The molecule has 3 aromatic rings. The SMILES string of the molecule is COc1ccc(OC)c(-c2cc(C(=O)Nc3ccc(N4CCOCC4)cn3)no2)c1. The van der Waals surface area contributed by atoms with Crippen molar-refractivity contribution in [2.45, 2.75) is 0 Å². The van der Waals surface area contributed by atoms with Crippen molar-refractivity contribution >= 4 is 17.4 Å². The minimum Gasteiger partial charge on any atom is -0.497 e. The summed E-state index contributed by atoms with van der Waals surface area (Å²) < 4.78 is 21.3. The second-order valence-corrected chi connectivity index (χ2v) is 6.60. The summed E-state index contributed by atoms with van der Waals surface area (Å²) in [5.41, 5.74) is 1.76. The number of pyridine rings is 1. The van der Waals surface area contributed by atoms with Crippen molar-refractivity contribution in [3.63, 3.8) is 0 Å². The van der Waals surface area contributed by atoms with Crippen LogP contribution in [0.5, 0.6) is 11.5 Å². The monoisotopic (exact) mass is 410 g/mol. The molecular weight excluding hydrogens is 388 g/mol. The molecule has 0 radical (unpaired) electrons. The second kappa shape index (κ2) is 8.83. The van der Waals surface area contributed by atoms with Crippen molar-refractivity contribution in [3.8, 4) is 22.8 Å². The maximum Gasteiger partial charge on any atom is 0.279 e. The van der Waals surface area contributed by atoms with E-state index in [1.807, 2.05) is 6.07 Å². The van der Waals surface area contributed by atoms with E-state index in [0.717, 1.165) is 18.8 Å². The third-order valence-corrected chi connectivity index (χ3v) is 4.78. The van der Waals surface area contributed by atoms with E-state index in [9.17, 15) is 4.79 Å². The number of carbonyl (C=O) groups is 1. The van der Waals surface area contributed by atoms with Gasteiger partial charge in [0.25, 0.3) is 5.91 Å². The Morgan fingerprint density at radius 1 is 1.10 bits per heavy atom. The van der Waals surface area contributed by atoms with Gasteiger partial charge in [-0.15, -0.1) is 0 Å². The molecule has 30 heavy (non-hydrogen) atoms. The van der Waals surface area contributed by atoms with Crippen LogP contribution in [0.15, 0.2) is 47.1 Å². The average molecular weight is 410 g/mol. The van der Waals surface area contributed by atoms with E-state index < -0.39 is 5.91 Å². The highest BCUT2D eigenvalue weighted by Gasteiger charge is 2.18. The summed E-state index contributed by atoms with van der Waals surface area (Å²) >= 11 is 0. The Balaban J connectivity index is 1.47. The van der Waals surface area contributed by atoms with Crippen LogP contribution in [-0.2, 0) is 4.74 Å². The molecular formula is C21H22N4O5. The first-order chi connectivity index (χ1) is 14.7. The summed E-state index contributed by atoms with van der Waals surface area (Å²) in [7, 11) is 3.13. The number of morpholine rings is 1. The zero-order chi connectivity index (χ0) is 20.9. The lowest BCUT2D eigenvalue weighted by Gasteiger charge is -2.28. The third-order valence-electron chi connectivity index (χ3n) is 4.78. The van der Waals surface area contributed by atoms with Crippen LogP contribution < -0.4 is 19.7 Å². The van der Waals surface area contributed by atoms with Crippen LogP contribution in [-0.4, -0.2) is 56.6 Å². The Morgan fingerprint density at radius 3 is 2.63 bits per heavy atom. The fourth-order valence-electron chi connectivity index (χ4n) is 3.16. The first kappa shape index (κ1) is 19.7. The largest absolute Gasteiger partial charge is 0.497 e. The van der Waals surface area contributed by atoms with Crippen LogP contribution >= 0.6 is 0 Å². The number of hydrogen-bond acceptors (Lipinski definition) is 8. The Hall–Kier alpha value is -3.59. The van der Waals surface area contributed by atoms with E-state index in [-0.39, 0.29) is 5.69 Å². The summed E-state index contributed by atoms with van der Waals surface area (Å²) in [5.74, 6) is 1.63. The quantitative estimate of drug-likeness (QED) is 0.662. The number of rotatable bonds is 6. The Labute approximate surface area is 173 Å². The van der Waals surface area contributed by atoms with Gasteiger partial charge in [0.15, 0.2) is 11.5 Å². The van der Waals surface area contributed by atoms with Gasteiger partial charge < -0.3 is 29.0 Å². The van der Waals surface area contributed by atoms with Crippen molar-refractivity contribution in [2.24, 2.45) is 0 Å². The molecule has 0 bridgehead atoms. The molecule has 1 N–H and O–H groups in total. The van der Waals surface area contributed by atoms with Gasteiger partial charge in [0.2, 0.25) is 0 Å². The van der Waals surface area contributed by atoms with Crippen molar-refractivity contribution in [2.75, 3.05) is 50.7 Å². The molecule has 1 aliphatic heterocycles. The maximum atomic E-state index is 12.6. The predicted molar refractivity (Wildman–Crippen MR) is 110 cm³/mol. The summed E-state index contributed by atoms with van der Waals surface area (Å²) in [4.78, 5) is 19.1. The van der Waals surface area contributed by atoms with E-state index in [0.29, 0.717) is 41.9 Å². The average Bonchev–Trinajstić information content (AvgIpc) is 3.30. The Morgan fingerprint density at radius 2 is 1.93 bits per heavy atom. The lowest BCUT2D eigenvalue weighted by atomic mass is 10.1. The molecule has 1 fully saturated rings. The Kier molecular flexibility index (Phi) is 5.80. The molecule has 1 saturated heterocycles. The van der Waals surface area contributed by atoms with Crippen molar-refractivity contribution in [3.05, 3.63) is 48.3 Å². The van der Waals surface area contributed by atoms with Gasteiger partial charge in [0, 0.05) is 19.2 Å². The van der Waals surface area contributed by atoms with Gasteiger partial charge in [-0.2, -0.15) is 0 Å². The van der Waals surface area contributed by atoms with Crippen molar-refractivity contribution in [1.29, 1.82) is 0 Å². The molecule has 1 aliphatic rings. The molecule has 9 nitrogen and oxygen atoms in total. The third kappa shape index (κ3) is 4.20. The zero-order valence-electron chi connectivity index (χ0n) is 16.8. The molecule has 2 aromatic heterocycles. The molecule has 156 valence electrons. The highest BCUT2D eigenvalue weighted by atomic mass is 16.5. The number of aromatic nitrogens is 2. The van der Waals surface area contributed by atoms with Gasteiger partial charge in [0.1, 0.15) is 17.3 Å². The normalized spacial score (nSPS) is 13.7. The number of benzene rings is 1. The van der Waals surface area contributed by atoms with Gasteiger partial charge in [-0.05, 0) is 30.3 Å². The lowest BCUT2D eigenvalue weighted by Crippen LogP contribution is -2.36. The van der Waals surface area contributed by atoms with E-state index in [1.54, 1.807) is 50.7 Å². The van der Waals surface area contributed by atoms with Crippen LogP contribution in [0, 0.1) is 0 Å². The highest BCUT2D eigenvalue weighted by molar-refractivity contribution is 6.02. The number of nitrogens with zero attached hydrogens (tertiary/aromatic N) is 3. The first-order valence-electron chi connectivity index (χ1n) is 9.47. The van der Waals surface area contributed by atoms with Crippen LogP contribution in [0.4, 0.5) is 11.5 Å². The van der Waals surface area contributed by atoms with E-state index >= 15 is 0 Å². The van der Waals surface area contributed by atoms with Gasteiger partial charge in [-0.3, -0.25) is 4.79 Å². The number of hydrogen-bond donors (Lipinski definition) is 1. The summed E-state index contributed by atoms with van der Waals surface area (Å²) in [6, 6.07) is 10.5. The minimum atomic E-state index is -0.418.